The van der Waals surface area contributed by atoms with Crippen molar-refractivity contribution in [2.75, 3.05) is 7.11 Å². The number of carbonyl (C=O) groups is 1. The van der Waals surface area contributed by atoms with Crippen molar-refractivity contribution in [1.29, 1.82) is 0 Å². The lowest BCUT2D eigenvalue weighted by molar-refractivity contribution is -0.134. The molecule has 0 spiro atoms. The van der Waals surface area contributed by atoms with E-state index >= 15 is 0 Å². The summed E-state index contributed by atoms with van der Waals surface area (Å²) in [5, 5.41) is 15.2. The monoisotopic (exact) mass is 388 g/mol. The molecule has 1 aliphatic heterocycles. The summed E-state index contributed by atoms with van der Waals surface area (Å²) >= 11 is 1.56. The Bertz CT molecular complexity index is 1060. The molecule has 3 aromatic rings. The molecule has 6 nitrogen and oxygen atoms in total. The van der Waals surface area contributed by atoms with Gasteiger partial charge in [0.2, 0.25) is 6.17 Å². The fourth-order valence-corrected chi connectivity index (χ4v) is 3.95. The summed E-state index contributed by atoms with van der Waals surface area (Å²) in [5.74, 6) is -0.414. The molecule has 0 saturated heterocycles. The summed E-state index contributed by atoms with van der Waals surface area (Å²) in [7, 11) is 1.35. The highest BCUT2D eigenvalue weighted by atomic mass is 32.1. The van der Waals surface area contributed by atoms with E-state index in [4.69, 9.17) is 0 Å². The minimum Gasteiger partial charge on any atom is -0.466 e. The molecule has 0 radical (unpaired) electrons. The first-order chi connectivity index (χ1) is 13.7. The molecule has 0 saturated carbocycles. The van der Waals surface area contributed by atoms with Crippen LogP contribution in [0.3, 0.4) is 0 Å². The van der Waals surface area contributed by atoms with E-state index in [1.54, 1.807) is 17.4 Å². The second-order valence-corrected chi connectivity index (χ2v) is 7.10. The van der Waals surface area contributed by atoms with Crippen LogP contribution in [0.4, 0.5) is 0 Å². The Morgan fingerprint density at radius 3 is 2.29 bits per heavy atom. The van der Waals surface area contributed by atoms with Crippen LogP contribution in [0.15, 0.2) is 87.4 Å². The first-order valence-electron chi connectivity index (χ1n) is 8.60. The van der Waals surface area contributed by atoms with E-state index in [1.807, 2.05) is 24.3 Å². The van der Waals surface area contributed by atoms with Crippen LogP contribution >= 0.6 is 11.3 Å². The lowest BCUT2D eigenvalue weighted by Crippen LogP contribution is -1.94. The maximum atomic E-state index is 11.5. The standard InChI is InChI=1S/C21H16N4O2S/c1-27-20(26)12-11-18-17(21-22-24-25-23-21)13-19(28-18)16-9-7-15(8-10-16)14-5-3-2-4-6-14/h2-13,21H,1H3/b12-11+. The van der Waals surface area contributed by atoms with Crippen molar-refractivity contribution in [3.05, 3.63) is 77.2 Å². The van der Waals surface area contributed by atoms with Gasteiger partial charge in [-0.15, -0.1) is 21.6 Å². The lowest BCUT2D eigenvalue weighted by atomic mass is 10.0. The van der Waals surface area contributed by atoms with E-state index < -0.39 is 12.1 Å². The second kappa shape index (κ2) is 8.06. The van der Waals surface area contributed by atoms with Crippen LogP contribution in [0.5, 0.6) is 0 Å². The summed E-state index contributed by atoms with van der Waals surface area (Å²) in [6.07, 6.45) is 2.63. The van der Waals surface area contributed by atoms with E-state index in [1.165, 1.54) is 18.7 Å². The van der Waals surface area contributed by atoms with Gasteiger partial charge >= 0.3 is 5.97 Å². The third-order valence-corrected chi connectivity index (χ3v) is 5.44. The summed E-state index contributed by atoms with van der Waals surface area (Å²) in [6, 6.07) is 20.6. The van der Waals surface area contributed by atoms with Gasteiger partial charge in [-0.3, -0.25) is 0 Å². The van der Waals surface area contributed by atoms with Gasteiger partial charge in [0.15, 0.2) is 0 Å². The molecule has 0 aliphatic carbocycles. The van der Waals surface area contributed by atoms with Crippen LogP contribution in [-0.2, 0) is 9.53 Å². The maximum absolute atomic E-state index is 11.5. The van der Waals surface area contributed by atoms with Gasteiger partial charge in [0, 0.05) is 21.4 Å². The molecule has 1 aromatic heterocycles. The molecule has 2 aromatic carbocycles. The maximum Gasteiger partial charge on any atom is 0.330 e. The summed E-state index contributed by atoms with van der Waals surface area (Å²) in [6.45, 7) is 0. The molecule has 1 aliphatic rings. The Hall–Kier alpha value is -3.45. The zero-order valence-corrected chi connectivity index (χ0v) is 15.8. The van der Waals surface area contributed by atoms with Crippen LogP contribution in [0.2, 0.25) is 0 Å². The predicted molar refractivity (Wildman–Crippen MR) is 109 cm³/mol. The summed E-state index contributed by atoms with van der Waals surface area (Å²) in [5.41, 5.74) is 4.27. The van der Waals surface area contributed by atoms with E-state index in [0.717, 1.165) is 26.4 Å². The predicted octanol–water partition coefficient (Wildman–Crippen LogP) is 6.10. The number of benzene rings is 2. The largest absolute Gasteiger partial charge is 0.466 e. The van der Waals surface area contributed by atoms with E-state index in [9.17, 15) is 4.79 Å². The average Bonchev–Trinajstić information content (AvgIpc) is 3.42. The Kier molecular flexibility index (Phi) is 5.16. The fourth-order valence-electron chi connectivity index (χ4n) is 2.85. The van der Waals surface area contributed by atoms with Gasteiger partial charge in [0.25, 0.3) is 0 Å². The van der Waals surface area contributed by atoms with Gasteiger partial charge < -0.3 is 4.74 Å². The summed E-state index contributed by atoms with van der Waals surface area (Å²) < 4.78 is 4.68. The second-order valence-electron chi connectivity index (χ2n) is 6.01. The minimum absolute atomic E-state index is 0.414. The number of hydrogen-bond donors (Lipinski definition) is 0. The normalized spacial score (nSPS) is 13.5. The van der Waals surface area contributed by atoms with Crippen LogP contribution in [-0.4, -0.2) is 13.1 Å². The van der Waals surface area contributed by atoms with Crippen LogP contribution in [0.1, 0.15) is 16.6 Å². The number of methoxy groups -OCH3 is 1. The Morgan fingerprint density at radius 2 is 1.61 bits per heavy atom. The van der Waals surface area contributed by atoms with E-state index in [0.29, 0.717) is 0 Å². The third-order valence-electron chi connectivity index (χ3n) is 4.28. The van der Waals surface area contributed by atoms with Crippen molar-refractivity contribution in [3.8, 4) is 21.6 Å². The van der Waals surface area contributed by atoms with Gasteiger partial charge in [0.05, 0.1) is 7.11 Å². The molecule has 2 heterocycles. The van der Waals surface area contributed by atoms with Gasteiger partial charge in [0.1, 0.15) is 0 Å². The molecule has 0 bridgehead atoms. The van der Waals surface area contributed by atoms with E-state index in [-0.39, 0.29) is 0 Å². The number of ether oxygens (including phenoxy) is 1. The van der Waals surface area contributed by atoms with Crippen molar-refractivity contribution >= 4 is 23.4 Å². The molecule has 28 heavy (non-hydrogen) atoms. The first-order valence-corrected chi connectivity index (χ1v) is 9.42. The highest BCUT2D eigenvalue weighted by Gasteiger charge is 2.20. The Labute approximate surface area is 165 Å². The fraction of sp³-hybridized carbons (Fsp3) is 0.0952. The van der Waals surface area contributed by atoms with Crippen molar-refractivity contribution in [3.63, 3.8) is 0 Å². The molecule has 4 rings (SSSR count). The topological polar surface area (TPSA) is 75.7 Å². The number of esters is 1. The molecular formula is C21H16N4O2S. The molecule has 0 unspecified atom stereocenters. The number of rotatable bonds is 5. The number of thiophene rings is 1. The van der Waals surface area contributed by atoms with Crippen molar-refractivity contribution in [1.82, 2.24) is 0 Å². The highest BCUT2D eigenvalue weighted by molar-refractivity contribution is 7.16. The lowest BCUT2D eigenvalue weighted by Gasteiger charge is -2.03. The SMILES string of the molecule is COC(=O)/C=C/c1sc(-c2ccc(-c3ccccc3)cc2)cc1C1N=NN=N1. The van der Waals surface area contributed by atoms with E-state index in [2.05, 4.69) is 61.8 Å². The zero-order valence-electron chi connectivity index (χ0n) is 15.0. The quantitative estimate of drug-likeness (QED) is 0.391. The van der Waals surface area contributed by atoms with Crippen LogP contribution in [0, 0.1) is 0 Å². The van der Waals surface area contributed by atoms with Gasteiger partial charge in [-0.2, -0.15) is 0 Å². The number of nitrogens with zero attached hydrogens (tertiary/aromatic N) is 4. The molecule has 0 atom stereocenters. The first kappa shape index (κ1) is 17.9. The average molecular weight is 388 g/mol. The number of hydrogen-bond acceptors (Lipinski definition) is 7. The number of carbonyl (C=O) groups excluding carboxylic acids is 1. The highest BCUT2D eigenvalue weighted by Crippen LogP contribution is 2.39. The molecule has 0 N–H and O–H groups in total. The van der Waals surface area contributed by atoms with Crippen molar-refractivity contribution in [2.45, 2.75) is 6.17 Å². The molecule has 7 heteroatoms. The van der Waals surface area contributed by atoms with Crippen molar-refractivity contribution in [2.24, 2.45) is 20.7 Å². The van der Waals surface area contributed by atoms with Gasteiger partial charge in [-0.25, -0.2) is 4.79 Å². The van der Waals surface area contributed by atoms with Gasteiger partial charge in [-0.1, -0.05) is 54.6 Å². The van der Waals surface area contributed by atoms with Gasteiger partial charge in [-0.05, 0) is 39.3 Å². The van der Waals surface area contributed by atoms with Crippen molar-refractivity contribution < 1.29 is 9.53 Å². The Morgan fingerprint density at radius 1 is 0.964 bits per heavy atom. The van der Waals surface area contributed by atoms with Crippen LogP contribution in [0.25, 0.3) is 27.6 Å². The smallest absolute Gasteiger partial charge is 0.330 e. The Balaban J connectivity index is 1.67. The molecular weight excluding hydrogens is 372 g/mol. The van der Waals surface area contributed by atoms with Crippen LogP contribution < -0.4 is 0 Å². The third kappa shape index (κ3) is 3.79. The molecule has 138 valence electrons. The molecule has 0 fully saturated rings. The molecule has 0 amide bonds. The minimum atomic E-state index is -0.481. The zero-order chi connectivity index (χ0) is 19.3. The summed E-state index contributed by atoms with van der Waals surface area (Å²) in [4.78, 5) is 13.4.